The van der Waals surface area contributed by atoms with E-state index in [0.717, 1.165) is 19.3 Å². The van der Waals surface area contributed by atoms with Crippen molar-refractivity contribution in [1.82, 2.24) is 0 Å². The Labute approximate surface area is 132 Å². The van der Waals surface area contributed by atoms with Crippen LogP contribution < -0.4 is 4.74 Å². The quantitative estimate of drug-likeness (QED) is 0.266. The van der Waals surface area contributed by atoms with Gasteiger partial charge in [-0.2, -0.15) is 0 Å². The summed E-state index contributed by atoms with van der Waals surface area (Å²) in [7, 11) is 4.41. The normalized spacial score (nSPS) is 10.5. The molecule has 4 nitrogen and oxygen atoms in total. The zero-order valence-corrected chi connectivity index (χ0v) is 13.6. The van der Waals surface area contributed by atoms with Crippen molar-refractivity contribution in [3.63, 3.8) is 0 Å². The first-order valence-corrected chi connectivity index (χ1v) is 7.16. The standard InChI is InChI=1S/C18H22O4/c1-5-6-7-8-9-14-12-15(21-3)10-11-16(14)17(13-20-2)18(19)22-4/h10-13H,5-7H2,1-4H3/b17-13+. The summed E-state index contributed by atoms with van der Waals surface area (Å²) in [6, 6.07) is 5.37. The van der Waals surface area contributed by atoms with Crippen LogP contribution in [0.15, 0.2) is 24.5 Å². The molecule has 4 heteroatoms. The lowest BCUT2D eigenvalue weighted by Crippen LogP contribution is -2.06. The molecule has 0 radical (unpaired) electrons. The molecule has 0 N–H and O–H groups in total. The Bertz CT molecular complexity index is 591. The molecule has 118 valence electrons. The van der Waals surface area contributed by atoms with Crippen LogP contribution >= 0.6 is 0 Å². The van der Waals surface area contributed by atoms with Gasteiger partial charge in [-0.25, -0.2) is 4.79 Å². The van der Waals surface area contributed by atoms with Crippen LogP contribution in [0.5, 0.6) is 5.75 Å². The molecule has 0 fully saturated rings. The predicted octanol–water partition coefficient (Wildman–Crippen LogP) is 3.40. The summed E-state index contributed by atoms with van der Waals surface area (Å²) >= 11 is 0. The molecule has 1 aromatic rings. The third-order valence-corrected chi connectivity index (χ3v) is 3.04. The van der Waals surface area contributed by atoms with Crippen LogP contribution in [-0.2, 0) is 14.3 Å². The molecule has 0 aliphatic rings. The van der Waals surface area contributed by atoms with Gasteiger partial charge in [0.2, 0.25) is 0 Å². The van der Waals surface area contributed by atoms with E-state index in [1.807, 2.05) is 0 Å². The first kappa shape index (κ1) is 17.6. The molecular formula is C18H22O4. The van der Waals surface area contributed by atoms with Gasteiger partial charge in [-0.1, -0.05) is 25.2 Å². The zero-order chi connectivity index (χ0) is 16.4. The van der Waals surface area contributed by atoms with E-state index in [0.29, 0.717) is 22.4 Å². The van der Waals surface area contributed by atoms with Gasteiger partial charge >= 0.3 is 5.97 Å². The lowest BCUT2D eigenvalue weighted by molar-refractivity contribution is -0.133. The van der Waals surface area contributed by atoms with Crippen LogP contribution in [0.3, 0.4) is 0 Å². The average molecular weight is 302 g/mol. The zero-order valence-electron chi connectivity index (χ0n) is 13.6. The summed E-state index contributed by atoms with van der Waals surface area (Å²) in [5.41, 5.74) is 1.70. The van der Waals surface area contributed by atoms with Crippen molar-refractivity contribution >= 4 is 11.5 Å². The molecular weight excluding hydrogens is 280 g/mol. The highest BCUT2D eigenvalue weighted by molar-refractivity contribution is 6.16. The van der Waals surface area contributed by atoms with Gasteiger partial charge in [-0.15, -0.1) is 0 Å². The van der Waals surface area contributed by atoms with Crippen LogP contribution in [0, 0.1) is 11.8 Å². The molecule has 0 heterocycles. The summed E-state index contributed by atoms with van der Waals surface area (Å²) in [6.07, 6.45) is 4.32. The number of rotatable bonds is 6. The summed E-state index contributed by atoms with van der Waals surface area (Å²) in [5, 5.41) is 0. The molecule has 0 aliphatic carbocycles. The van der Waals surface area contributed by atoms with E-state index in [4.69, 9.17) is 14.2 Å². The van der Waals surface area contributed by atoms with E-state index < -0.39 is 5.97 Å². The molecule has 1 rings (SSSR count). The van der Waals surface area contributed by atoms with E-state index in [1.54, 1.807) is 25.3 Å². The maximum atomic E-state index is 11.9. The molecule has 0 saturated carbocycles. The smallest absolute Gasteiger partial charge is 0.341 e. The van der Waals surface area contributed by atoms with Crippen LogP contribution in [-0.4, -0.2) is 27.3 Å². The van der Waals surface area contributed by atoms with Crippen molar-refractivity contribution in [3.05, 3.63) is 35.6 Å². The van der Waals surface area contributed by atoms with E-state index in [2.05, 4.69) is 18.8 Å². The highest BCUT2D eigenvalue weighted by Crippen LogP contribution is 2.24. The molecule has 0 aliphatic heterocycles. The highest BCUT2D eigenvalue weighted by atomic mass is 16.5. The number of hydrogen-bond donors (Lipinski definition) is 0. The van der Waals surface area contributed by atoms with Crippen LogP contribution in [0.25, 0.3) is 5.57 Å². The number of ether oxygens (including phenoxy) is 3. The Hall–Kier alpha value is -2.41. The maximum absolute atomic E-state index is 11.9. The number of methoxy groups -OCH3 is 3. The molecule has 0 spiro atoms. The van der Waals surface area contributed by atoms with Gasteiger partial charge in [0.05, 0.1) is 27.6 Å². The molecule has 0 atom stereocenters. The molecule has 0 unspecified atom stereocenters. The number of carbonyl (C=O) groups is 1. The number of unbranched alkanes of at least 4 members (excludes halogenated alkanes) is 2. The van der Waals surface area contributed by atoms with E-state index in [-0.39, 0.29) is 0 Å². The van der Waals surface area contributed by atoms with Gasteiger partial charge in [0, 0.05) is 17.5 Å². The minimum atomic E-state index is -0.469. The van der Waals surface area contributed by atoms with E-state index in [1.165, 1.54) is 20.5 Å². The fourth-order valence-corrected chi connectivity index (χ4v) is 1.86. The Morgan fingerprint density at radius 3 is 2.64 bits per heavy atom. The third-order valence-electron chi connectivity index (χ3n) is 3.04. The van der Waals surface area contributed by atoms with Crippen molar-refractivity contribution in [1.29, 1.82) is 0 Å². The minimum absolute atomic E-state index is 0.326. The van der Waals surface area contributed by atoms with Crippen LogP contribution in [0.2, 0.25) is 0 Å². The second-order valence-corrected chi connectivity index (χ2v) is 4.58. The molecule has 22 heavy (non-hydrogen) atoms. The van der Waals surface area contributed by atoms with E-state index >= 15 is 0 Å². The summed E-state index contributed by atoms with van der Waals surface area (Å²) < 4.78 is 15.0. The van der Waals surface area contributed by atoms with Gasteiger partial charge in [0.15, 0.2) is 0 Å². The van der Waals surface area contributed by atoms with Gasteiger partial charge in [-0.05, 0) is 24.6 Å². The van der Waals surface area contributed by atoms with Crippen molar-refractivity contribution in [3.8, 4) is 17.6 Å². The highest BCUT2D eigenvalue weighted by Gasteiger charge is 2.16. The number of carbonyl (C=O) groups excluding carboxylic acids is 1. The summed E-state index contributed by atoms with van der Waals surface area (Å²) in [6.45, 7) is 2.12. The Balaban J connectivity index is 3.28. The SMILES string of the molecule is CCCCC#Cc1cc(OC)ccc1/C(=C\OC)C(=O)OC. The van der Waals surface area contributed by atoms with Gasteiger partial charge in [0.1, 0.15) is 11.3 Å². The fraction of sp³-hybridized carbons (Fsp3) is 0.389. The summed E-state index contributed by atoms with van der Waals surface area (Å²) in [5.74, 6) is 6.45. The van der Waals surface area contributed by atoms with Crippen molar-refractivity contribution in [2.45, 2.75) is 26.2 Å². The molecule has 0 saturated heterocycles. The predicted molar refractivity (Wildman–Crippen MR) is 86.4 cm³/mol. The first-order chi connectivity index (χ1) is 10.7. The van der Waals surface area contributed by atoms with Crippen LogP contribution in [0.4, 0.5) is 0 Å². The maximum Gasteiger partial charge on any atom is 0.341 e. The first-order valence-electron chi connectivity index (χ1n) is 7.16. The average Bonchev–Trinajstić information content (AvgIpc) is 2.56. The second kappa shape index (κ2) is 9.51. The van der Waals surface area contributed by atoms with Crippen molar-refractivity contribution in [2.75, 3.05) is 21.3 Å². The number of hydrogen-bond acceptors (Lipinski definition) is 4. The third kappa shape index (κ3) is 4.85. The monoisotopic (exact) mass is 302 g/mol. The number of esters is 1. The molecule has 0 aromatic heterocycles. The van der Waals surface area contributed by atoms with Gasteiger partial charge in [-0.3, -0.25) is 0 Å². The largest absolute Gasteiger partial charge is 0.503 e. The minimum Gasteiger partial charge on any atom is -0.503 e. The van der Waals surface area contributed by atoms with Crippen molar-refractivity contribution in [2.24, 2.45) is 0 Å². The van der Waals surface area contributed by atoms with E-state index in [9.17, 15) is 4.79 Å². The van der Waals surface area contributed by atoms with Gasteiger partial charge in [0.25, 0.3) is 0 Å². The molecule has 0 amide bonds. The molecule has 1 aromatic carbocycles. The van der Waals surface area contributed by atoms with Gasteiger partial charge < -0.3 is 14.2 Å². The Morgan fingerprint density at radius 1 is 1.27 bits per heavy atom. The number of benzene rings is 1. The molecule has 0 bridgehead atoms. The second-order valence-electron chi connectivity index (χ2n) is 4.58. The topological polar surface area (TPSA) is 44.8 Å². The Morgan fingerprint density at radius 2 is 2.05 bits per heavy atom. The van der Waals surface area contributed by atoms with Crippen LogP contribution in [0.1, 0.15) is 37.3 Å². The lowest BCUT2D eigenvalue weighted by atomic mass is 10.00. The Kier molecular flexibility index (Phi) is 7.63. The lowest BCUT2D eigenvalue weighted by Gasteiger charge is -2.09. The summed E-state index contributed by atoms with van der Waals surface area (Å²) in [4.78, 5) is 11.9. The fourth-order valence-electron chi connectivity index (χ4n) is 1.86. The van der Waals surface area contributed by atoms with Crippen molar-refractivity contribution < 1.29 is 19.0 Å².